The second kappa shape index (κ2) is 11.9. The predicted octanol–water partition coefficient (Wildman–Crippen LogP) is 15.6. The molecule has 0 unspecified atom stereocenters. The van der Waals surface area contributed by atoms with Gasteiger partial charge in [-0.05, 0) is 126 Å². The maximum Gasteiger partial charge on any atom is 0.136 e. The average Bonchev–Trinajstić information content (AvgIpc) is 3.75. The lowest BCUT2D eigenvalue weighted by Gasteiger charge is -2.28. The van der Waals surface area contributed by atoms with Gasteiger partial charge >= 0.3 is 0 Å². The van der Waals surface area contributed by atoms with E-state index in [-0.39, 0.29) is 5.41 Å². The number of hydrogen-bond acceptors (Lipinski definition) is 2. The van der Waals surface area contributed by atoms with Gasteiger partial charge in [-0.25, -0.2) is 0 Å². The number of para-hydroxylation sites is 1. The van der Waals surface area contributed by atoms with Crippen LogP contribution in [0.2, 0.25) is 0 Å². The molecule has 57 heavy (non-hydrogen) atoms. The summed E-state index contributed by atoms with van der Waals surface area (Å²) in [6.45, 7) is 4.71. The van der Waals surface area contributed by atoms with E-state index < -0.39 is 0 Å². The Kier molecular flexibility index (Phi) is 6.72. The highest BCUT2D eigenvalue weighted by atomic mass is 16.3. The fourth-order valence-corrected chi connectivity index (χ4v) is 9.93. The third-order valence-corrected chi connectivity index (χ3v) is 12.6. The fourth-order valence-electron chi connectivity index (χ4n) is 9.93. The van der Waals surface area contributed by atoms with Gasteiger partial charge < -0.3 is 9.32 Å². The van der Waals surface area contributed by atoms with Crippen LogP contribution in [0.1, 0.15) is 25.0 Å². The first-order chi connectivity index (χ1) is 28.0. The molecule has 11 aromatic rings. The molecule has 0 radical (unpaired) electrons. The zero-order chi connectivity index (χ0) is 37.8. The smallest absolute Gasteiger partial charge is 0.136 e. The Morgan fingerprint density at radius 3 is 1.81 bits per heavy atom. The normalized spacial score (nSPS) is 13.2. The van der Waals surface area contributed by atoms with Gasteiger partial charge in [-0.2, -0.15) is 0 Å². The van der Waals surface area contributed by atoms with Crippen molar-refractivity contribution in [3.8, 4) is 22.3 Å². The molecule has 1 aromatic heterocycles. The Morgan fingerprint density at radius 1 is 0.368 bits per heavy atom. The Labute approximate surface area is 330 Å². The van der Waals surface area contributed by atoms with Crippen molar-refractivity contribution in [1.82, 2.24) is 0 Å². The summed E-state index contributed by atoms with van der Waals surface area (Å²) in [5.74, 6) is 0. The maximum atomic E-state index is 6.37. The van der Waals surface area contributed by atoms with Crippen molar-refractivity contribution in [3.63, 3.8) is 0 Å². The van der Waals surface area contributed by atoms with Crippen molar-refractivity contribution in [1.29, 1.82) is 0 Å². The summed E-state index contributed by atoms with van der Waals surface area (Å²) in [6, 6.07) is 69.0. The van der Waals surface area contributed by atoms with Gasteiger partial charge in [0, 0.05) is 38.6 Å². The van der Waals surface area contributed by atoms with E-state index in [1.54, 1.807) is 0 Å². The molecule has 2 heteroatoms. The number of fused-ring (bicyclic) bond motifs is 14. The molecule has 2 nitrogen and oxygen atoms in total. The quantitative estimate of drug-likeness (QED) is 0.168. The van der Waals surface area contributed by atoms with E-state index in [0.29, 0.717) is 0 Å². The zero-order valence-corrected chi connectivity index (χ0v) is 31.8. The summed E-state index contributed by atoms with van der Waals surface area (Å²) in [6.07, 6.45) is 0. The molecule has 0 aliphatic heterocycles. The molecule has 1 aliphatic carbocycles. The van der Waals surface area contributed by atoms with Gasteiger partial charge in [0.2, 0.25) is 0 Å². The van der Waals surface area contributed by atoms with Gasteiger partial charge in [0.05, 0.1) is 0 Å². The first kappa shape index (κ1) is 32.1. The van der Waals surface area contributed by atoms with Gasteiger partial charge in [-0.1, -0.05) is 147 Å². The van der Waals surface area contributed by atoms with E-state index in [4.69, 9.17) is 4.42 Å². The topological polar surface area (TPSA) is 16.4 Å². The second-order valence-corrected chi connectivity index (χ2v) is 16.0. The highest BCUT2D eigenvalue weighted by Crippen LogP contribution is 2.51. The molecule has 0 atom stereocenters. The minimum Gasteiger partial charge on any atom is -0.456 e. The van der Waals surface area contributed by atoms with Crippen LogP contribution in [0.3, 0.4) is 0 Å². The third-order valence-electron chi connectivity index (χ3n) is 12.6. The minimum absolute atomic E-state index is 0.0986. The molecule has 0 fully saturated rings. The van der Waals surface area contributed by atoms with Crippen LogP contribution >= 0.6 is 0 Å². The van der Waals surface area contributed by atoms with E-state index in [2.05, 4.69) is 201 Å². The van der Waals surface area contributed by atoms with Gasteiger partial charge in [0.25, 0.3) is 0 Å². The summed E-state index contributed by atoms with van der Waals surface area (Å²) >= 11 is 0. The second-order valence-electron chi connectivity index (χ2n) is 16.0. The molecule has 0 saturated carbocycles. The van der Waals surface area contributed by atoms with Crippen molar-refractivity contribution in [2.45, 2.75) is 19.3 Å². The van der Waals surface area contributed by atoms with Crippen LogP contribution in [0.25, 0.3) is 87.3 Å². The standard InChI is InChI=1S/C55H37NO/c1-55(2)48-20-9-7-14-41(48)42-29-28-39(33-49(42)55)56(38-27-22-34-12-3-4-13-36(34)32-38)37-25-23-35(24-26-37)40-18-11-19-44-46-30-31-51-54(47-17-8-10-21-50(47)57-51)53(46)45-16-6-5-15-43(45)52(40)44/h3-33H,1-2H3. The van der Waals surface area contributed by atoms with Crippen LogP contribution in [0.4, 0.5) is 17.1 Å². The zero-order valence-electron chi connectivity index (χ0n) is 31.8. The molecule has 10 aromatic carbocycles. The molecule has 1 heterocycles. The molecule has 0 spiro atoms. The van der Waals surface area contributed by atoms with Crippen LogP contribution in [0, 0.1) is 0 Å². The van der Waals surface area contributed by atoms with Gasteiger partial charge in [0.1, 0.15) is 11.2 Å². The monoisotopic (exact) mass is 727 g/mol. The number of nitrogens with zero attached hydrogens (tertiary/aromatic N) is 1. The largest absolute Gasteiger partial charge is 0.456 e. The lowest BCUT2D eigenvalue weighted by atomic mass is 9.82. The first-order valence-electron chi connectivity index (χ1n) is 19.8. The molecule has 12 rings (SSSR count). The summed E-state index contributed by atoms with van der Waals surface area (Å²) in [7, 11) is 0. The summed E-state index contributed by atoms with van der Waals surface area (Å²) in [5.41, 5.74) is 13.0. The fraction of sp³-hybridized carbons (Fsp3) is 0.0545. The summed E-state index contributed by atoms with van der Waals surface area (Å²) in [4.78, 5) is 2.42. The van der Waals surface area contributed by atoms with Crippen molar-refractivity contribution in [2.24, 2.45) is 0 Å². The lowest BCUT2D eigenvalue weighted by Crippen LogP contribution is -2.16. The number of benzene rings is 10. The summed E-state index contributed by atoms with van der Waals surface area (Å²) < 4.78 is 6.37. The van der Waals surface area contributed by atoms with Gasteiger partial charge in [-0.3, -0.25) is 0 Å². The van der Waals surface area contributed by atoms with E-state index in [9.17, 15) is 0 Å². The van der Waals surface area contributed by atoms with Crippen molar-refractivity contribution < 1.29 is 4.42 Å². The molecule has 0 bridgehead atoms. The molecular formula is C55H37NO. The van der Waals surface area contributed by atoms with Gasteiger partial charge in [0.15, 0.2) is 0 Å². The van der Waals surface area contributed by atoms with Crippen LogP contribution in [-0.4, -0.2) is 0 Å². The van der Waals surface area contributed by atoms with Crippen molar-refractivity contribution in [3.05, 3.63) is 199 Å². The molecule has 0 saturated heterocycles. The predicted molar refractivity (Wildman–Crippen MR) is 241 cm³/mol. The Morgan fingerprint density at radius 2 is 0.965 bits per heavy atom. The van der Waals surface area contributed by atoms with Crippen LogP contribution < -0.4 is 4.90 Å². The van der Waals surface area contributed by atoms with Gasteiger partial charge in [-0.15, -0.1) is 0 Å². The molecular weight excluding hydrogens is 691 g/mol. The third kappa shape index (κ3) is 4.65. The van der Waals surface area contributed by atoms with Crippen LogP contribution in [0.15, 0.2) is 192 Å². The Balaban J connectivity index is 1.04. The van der Waals surface area contributed by atoms with Crippen LogP contribution in [-0.2, 0) is 5.41 Å². The number of anilines is 3. The molecule has 0 N–H and O–H groups in total. The Bertz CT molecular complexity index is 3410. The average molecular weight is 728 g/mol. The number of furan rings is 1. The van der Waals surface area contributed by atoms with E-state index in [1.807, 2.05) is 6.07 Å². The van der Waals surface area contributed by atoms with E-state index in [1.165, 1.54) is 81.9 Å². The molecule has 1 aliphatic rings. The van der Waals surface area contributed by atoms with E-state index >= 15 is 0 Å². The Hall–Kier alpha value is -7.16. The lowest BCUT2D eigenvalue weighted by molar-refractivity contribution is 0.660. The molecule has 0 amide bonds. The number of hydrogen-bond donors (Lipinski definition) is 0. The van der Waals surface area contributed by atoms with E-state index in [0.717, 1.165) is 33.6 Å². The van der Waals surface area contributed by atoms with Crippen molar-refractivity contribution >= 4 is 82.1 Å². The summed E-state index contributed by atoms with van der Waals surface area (Å²) in [5, 5.41) is 12.3. The first-order valence-corrected chi connectivity index (χ1v) is 19.8. The van der Waals surface area contributed by atoms with Crippen molar-refractivity contribution in [2.75, 3.05) is 4.90 Å². The maximum absolute atomic E-state index is 6.37. The highest BCUT2D eigenvalue weighted by molar-refractivity contribution is 6.36. The minimum atomic E-state index is -0.0986. The van der Waals surface area contributed by atoms with Crippen LogP contribution in [0.5, 0.6) is 0 Å². The number of rotatable bonds is 4. The SMILES string of the molecule is CC1(C)c2ccccc2-c2ccc(N(c3ccc(-c4cccc5c6ccc7oc8ccccc8c7c6c6ccccc6c45)cc3)c3ccc4ccccc4c3)cc21. The highest BCUT2D eigenvalue weighted by Gasteiger charge is 2.35. The molecule has 268 valence electrons.